The first-order chi connectivity index (χ1) is 14.3. The SMILES string of the molecule is CC(C)[C@@H](NC(=O)c1ccc(Cl)c(Cl)c1)c1nnc(SCc2ccc(F)cc2)n1C. The Hall–Kier alpha value is -2.09. The van der Waals surface area contributed by atoms with Gasteiger partial charge in [0.05, 0.1) is 16.1 Å². The number of nitrogens with one attached hydrogen (secondary N) is 1. The van der Waals surface area contributed by atoms with Gasteiger partial charge in [0.1, 0.15) is 5.82 Å². The first-order valence-electron chi connectivity index (χ1n) is 9.28. The zero-order valence-electron chi connectivity index (χ0n) is 16.7. The maximum atomic E-state index is 13.1. The second-order valence-electron chi connectivity index (χ2n) is 7.14. The molecule has 0 aliphatic heterocycles. The zero-order chi connectivity index (χ0) is 21.8. The van der Waals surface area contributed by atoms with Crippen molar-refractivity contribution in [2.24, 2.45) is 13.0 Å². The molecular formula is C21H21Cl2FN4OS. The van der Waals surface area contributed by atoms with Crippen LogP contribution in [0.15, 0.2) is 47.6 Å². The van der Waals surface area contributed by atoms with E-state index >= 15 is 0 Å². The van der Waals surface area contributed by atoms with Gasteiger partial charge in [0.2, 0.25) is 0 Å². The third-order valence-corrected chi connectivity index (χ3v) is 6.39. The van der Waals surface area contributed by atoms with Crippen molar-refractivity contribution in [3.05, 3.63) is 75.3 Å². The number of rotatable bonds is 7. The molecule has 1 amide bonds. The van der Waals surface area contributed by atoms with E-state index in [-0.39, 0.29) is 23.7 Å². The minimum atomic E-state index is -0.343. The van der Waals surface area contributed by atoms with Gasteiger partial charge in [-0.25, -0.2) is 4.39 Å². The lowest BCUT2D eigenvalue weighted by Crippen LogP contribution is -2.33. The molecule has 1 aromatic heterocycles. The van der Waals surface area contributed by atoms with Gasteiger partial charge >= 0.3 is 0 Å². The quantitative estimate of drug-likeness (QED) is 0.454. The molecular weight excluding hydrogens is 446 g/mol. The minimum Gasteiger partial charge on any atom is -0.342 e. The average molecular weight is 467 g/mol. The smallest absolute Gasteiger partial charge is 0.251 e. The van der Waals surface area contributed by atoms with Gasteiger partial charge < -0.3 is 9.88 Å². The number of benzene rings is 2. The summed E-state index contributed by atoms with van der Waals surface area (Å²) in [6.07, 6.45) is 0. The van der Waals surface area contributed by atoms with Crippen LogP contribution < -0.4 is 5.32 Å². The lowest BCUT2D eigenvalue weighted by atomic mass is 10.0. The second kappa shape index (κ2) is 9.81. The predicted molar refractivity (Wildman–Crippen MR) is 118 cm³/mol. The molecule has 5 nitrogen and oxygen atoms in total. The fraction of sp³-hybridized carbons (Fsp3) is 0.286. The highest BCUT2D eigenvalue weighted by Crippen LogP contribution is 2.27. The van der Waals surface area contributed by atoms with Crippen molar-refractivity contribution in [3.63, 3.8) is 0 Å². The van der Waals surface area contributed by atoms with E-state index in [1.807, 2.05) is 25.5 Å². The number of amides is 1. The van der Waals surface area contributed by atoms with E-state index in [1.54, 1.807) is 24.3 Å². The van der Waals surface area contributed by atoms with Gasteiger partial charge in [-0.1, -0.05) is 60.9 Å². The number of aromatic nitrogens is 3. The van der Waals surface area contributed by atoms with E-state index in [4.69, 9.17) is 23.2 Å². The van der Waals surface area contributed by atoms with Crippen LogP contribution in [0.2, 0.25) is 10.0 Å². The summed E-state index contributed by atoms with van der Waals surface area (Å²) in [5, 5.41) is 13.0. The van der Waals surface area contributed by atoms with Crippen molar-refractivity contribution < 1.29 is 9.18 Å². The van der Waals surface area contributed by atoms with Crippen LogP contribution >= 0.6 is 35.0 Å². The van der Waals surface area contributed by atoms with Crippen molar-refractivity contribution in [3.8, 4) is 0 Å². The Balaban J connectivity index is 1.75. The van der Waals surface area contributed by atoms with Crippen LogP contribution in [0.3, 0.4) is 0 Å². The van der Waals surface area contributed by atoms with E-state index in [0.717, 1.165) is 5.56 Å². The number of halogens is 3. The molecule has 0 unspecified atom stereocenters. The first kappa shape index (κ1) is 22.6. The van der Waals surface area contributed by atoms with Crippen molar-refractivity contribution in [2.45, 2.75) is 30.8 Å². The topological polar surface area (TPSA) is 59.8 Å². The molecule has 0 aliphatic carbocycles. The highest BCUT2D eigenvalue weighted by Gasteiger charge is 2.25. The molecule has 158 valence electrons. The van der Waals surface area contributed by atoms with Crippen molar-refractivity contribution in [2.75, 3.05) is 0 Å². The Bertz CT molecular complexity index is 1040. The molecule has 3 rings (SSSR count). The molecule has 0 saturated heterocycles. The van der Waals surface area contributed by atoms with Gasteiger partial charge in [0.15, 0.2) is 11.0 Å². The second-order valence-corrected chi connectivity index (χ2v) is 8.90. The highest BCUT2D eigenvalue weighted by atomic mass is 35.5. The van der Waals surface area contributed by atoms with E-state index in [9.17, 15) is 9.18 Å². The lowest BCUT2D eigenvalue weighted by Gasteiger charge is -2.22. The molecule has 0 aliphatic rings. The fourth-order valence-electron chi connectivity index (χ4n) is 2.84. The first-order valence-corrected chi connectivity index (χ1v) is 11.0. The molecule has 0 spiro atoms. The van der Waals surface area contributed by atoms with Crippen molar-refractivity contribution in [1.82, 2.24) is 20.1 Å². The molecule has 1 heterocycles. The Morgan fingerprint density at radius 1 is 1.13 bits per heavy atom. The Labute approximate surface area is 189 Å². The van der Waals surface area contributed by atoms with E-state index in [0.29, 0.717) is 32.3 Å². The molecule has 9 heteroatoms. The largest absolute Gasteiger partial charge is 0.342 e. The number of hydrogen-bond acceptors (Lipinski definition) is 4. The third kappa shape index (κ3) is 5.33. The number of hydrogen-bond donors (Lipinski definition) is 1. The van der Waals surface area contributed by atoms with Crippen molar-refractivity contribution >= 4 is 40.9 Å². The highest BCUT2D eigenvalue weighted by molar-refractivity contribution is 7.98. The molecule has 0 saturated carbocycles. The van der Waals surface area contributed by atoms with Crippen LogP contribution in [0.4, 0.5) is 4.39 Å². The Morgan fingerprint density at radius 3 is 2.47 bits per heavy atom. The number of thioether (sulfide) groups is 1. The van der Waals surface area contributed by atoms with Gasteiger partial charge in [-0.05, 0) is 41.8 Å². The van der Waals surface area contributed by atoms with Gasteiger partial charge in [-0.2, -0.15) is 0 Å². The molecule has 1 atom stereocenters. The van der Waals surface area contributed by atoms with E-state index in [1.165, 1.54) is 30.0 Å². The van der Waals surface area contributed by atoms with Crippen molar-refractivity contribution in [1.29, 1.82) is 0 Å². The summed E-state index contributed by atoms with van der Waals surface area (Å²) < 4.78 is 14.9. The standard InChI is InChI=1S/C21H21Cl2FN4OS/c1-12(2)18(25-20(29)14-6-9-16(22)17(23)10-14)19-26-27-21(28(19)3)30-11-13-4-7-15(24)8-5-13/h4-10,12,18H,11H2,1-3H3,(H,25,29)/t18-/m1/s1. The third-order valence-electron chi connectivity index (χ3n) is 4.56. The van der Waals surface area contributed by atoms with Crippen LogP contribution in [-0.4, -0.2) is 20.7 Å². The summed E-state index contributed by atoms with van der Waals surface area (Å²) >= 11 is 13.5. The molecule has 0 bridgehead atoms. The number of carbonyl (C=O) groups excluding carboxylic acids is 1. The Morgan fingerprint density at radius 2 is 1.83 bits per heavy atom. The van der Waals surface area contributed by atoms with Gasteiger partial charge in [-0.3, -0.25) is 4.79 Å². The molecule has 30 heavy (non-hydrogen) atoms. The summed E-state index contributed by atoms with van der Waals surface area (Å²) in [6, 6.07) is 10.8. The molecule has 3 aromatic rings. The van der Waals surface area contributed by atoms with Gasteiger partial charge in [0, 0.05) is 18.4 Å². The van der Waals surface area contributed by atoms with Crippen LogP contribution in [0, 0.1) is 11.7 Å². The summed E-state index contributed by atoms with van der Waals surface area (Å²) in [7, 11) is 1.86. The van der Waals surface area contributed by atoms with Gasteiger partial charge in [0.25, 0.3) is 5.91 Å². The molecule has 0 radical (unpaired) electrons. The maximum absolute atomic E-state index is 13.1. The lowest BCUT2D eigenvalue weighted by molar-refractivity contribution is 0.0922. The Kier molecular flexibility index (Phi) is 7.39. The number of carbonyl (C=O) groups is 1. The summed E-state index contributed by atoms with van der Waals surface area (Å²) in [5.41, 5.74) is 1.41. The van der Waals surface area contributed by atoms with Crippen LogP contribution in [0.25, 0.3) is 0 Å². The van der Waals surface area contributed by atoms with Crippen LogP contribution in [-0.2, 0) is 12.8 Å². The average Bonchev–Trinajstić information content (AvgIpc) is 3.07. The summed E-state index contributed by atoms with van der Waals surface area (Å²) in [4.78, 5) is 12.7. The van der Waals surface area contributed by atoms with Crippen LogP contribution in [0.5, 0.6) is 0 Å². The van der Waals surface area contributed by atoms with Crippen LogP contribution in [0.1, 0.15) is 41.6 Å². The van der Waals surface area contributed by atoms with E-state index in [2.05, 4.69) is 15.5 Å². The summed E-state index contributed by atoms with van der Waals surface area (Å²) in [6.45, 7) is 4.00. The zero-order valence-corrected chi connectivity index (χ0v) is 19.0. The minimum absolute atomic E-state index is 0.0783. The normalized spacial score (nSPS) is 12.2. The molecule has 1 N–H and O–H groups in total. The maximum Gasteiger partial charge on any atom is 0.251 e. The molecule has 2 aromatic carbocycles. The summed E-state index contributed by atoms with van der Waals surface area (Å²) in [5.74, 6) is 0.835. The monoisotopic (exact) mass is 466 g/mol. The number of nitrogens with zero attached hydrogens (tertiary/aromatic N) is 3. The van der Waals surface area contributed by atoms with E-state index < -0.39 is 0 Å². The predicted octanol–water partition coefficient (Wildman–Crippen LogP) is 5.68. The fourth-order valence-corrected chi connectivity index (χ4v) is 4.01. The van der Waals surface area contributed by atoms with Gasteiger partial charge in [-0.15, -0.1) is 10.2 Å². The molecule has 0 fully saturated rings.